The molecule has 0 bridgehead atoms. The van der Waals surface area contributed by atoms with Gasteiger partial charge in [-0.25, -0.2) is 0 Å². The van der Waals surface area contributed by atoms with Gasteiger partial charge in [-0.15, -0.1) is 0 Å². The van der Waals surface area contributed by atoms with Gasteiger partial charge in [-0.1, -0.05) is 25.4 Å². The van der Waals surface area contributed by atoms with Crippen molar-refractivity contribution in [3.63, 3.8) is 0 Å². The Labute approximate surface area is 108 Å². The first kappa shape index (κ1) is 14.0. The van der Waals surface area contributed by atoms with Crippen LogP contribution < -0.4 is 14.8 Å². The van der Waals surface area contributed by atoms with Gasteiger partial charge in [-0.05, 0) is 12.8 Å². The van der Waals surface area contributed by atoms with Gasteiger partial charge in [0, 0.05) is 19.2 Å². The maximum atomic E-state index is 6.14. The number of rotatable bonds is 7. The number of anilines is 1. The van der Waals surface area contributed by atoms with Gasteiger partial charge in [0.2, 0.25) is 0 Å². The van der Waals surface area contributed by atoms with Crippen LogP contribution in [0.25, 0.3) is 0 Å². The molecule has 0 aliphatic carbocycles. The Morgan fingerprint density at radius 1 is 1.06 bits per heavy atom. The lowest BCUT2D eigenvalue weighted by Gasteiger charge is -2.14. The van der Waals surface area contributed by atoms with Crippen molar-refractivity contribution in [2.75, 3.05) is 25.6 Å². The van der Waals surface area contributed by atoms with E-state index >= 15 is 0 Å². The summed E-state index contributed by atoms with van der Waals surface area (Å²) in [5.41, 5.74) is 0.897. The molecule has 0 radical (unpaired) electrons. The van der Waals surface area contributed by atoms with Crippen molar-refractivity contribution in [3.8, 4) is 11.5 Å². The minimum absolute atomic E-state index is 0.587. The van der Waals surface area contributed by atoms with Gasteiger partial charge in [0.15, 0.2) is 0 Å². The maximum Gasteiger partial charge on any atom is 0.144 e. The molecule has 1 rings (SSSR count). The topological polar surface area (TPSA) is 30.5 Å². The summed E-state index contributed by atoms with van der Waals surface area (Å²) in [6.07, 6.45) is 1.92. The summed E-state index contributed by atoms with van der Waals surface area (Å²) >= 11 is 6.14. The smallest absolute Gasteiger partial charge is 0.144 e. The predicted molar refractivity (Wildman–Crippen MR) is 72.6 cm³/mol. The Kier molecular flexibility index (Phi) is 5.98. The standard InChI is InChI=1S/C13H20ClNO2/c1-4-6-16-12-9-11(15-3)13(8-10(12)14)17-7-5-2/h8-9,15H,4-7H2,1-3H3. The molecule has 0 saturated heterocycles. The molecule has 0 saturated carbocycles. The van der Waals surface area contributed by atoms with Crippen LogP contribution in [0.1, 0.15) is 26.7 Å². The van der Waals surface area contributed by atoms with Crippen LogP contribution in [-0.4, -0.2) is 20.3 Å². The normalized spacial score (nSPS) is 10.1. The second kappa shape index (κ2) is 7.28. The molecule has 3 nitrogen and oxygen atoms in total. The summed E-state index contributed by atoms with van der Waals surface area (Å²) in [4.78, 5) is 0. The van der Waals surface area contributed by atoms with E-state index in [0.29, 0.717) is 24.0 Å². The second-order valence-corrected chi connectivity index (χ2v) is 4.13. The summed E-state index contributed by atoms with van der Waals surface area (Å²) in [6.45, 7) is 5.48. The number of halogens is 1. The molecule has 1 aromatic rings. The molecule has 1 aromatic carbocycles. The lowest BCUT2D eigenvalue weighted by molar-refractivity contribution is 0.310. The molecule has 0 unspecified atom stereocenters. The van der Waals surface area contributed by atoms with Crippen molar-refractivity contribution in [3.05, 3.63) is 17.2 Å². The van der Waals surface area contributed by atoms with Crippen LogP contribution in [0.5, 0.6) is 11.5 Å². The van der Waals surface area contributed by atoms with E-state index in [4.69, 9.17) is 21.1 Å². The van der Waals surface area contributed by atoms with E-state index in [1.54, 1.807) is 6.07 Å². The van der Waals surface area contributed by atoms with E-state index in [0.717, 1.165) is 24.3 Å². The third kappa shape index (κ3) is 4.00. The fraction of sp³-hybridized carbons (Fsp3) is 0.538. The van der Waals surface area contributed by atoms with Gasteiger partial charge in [-0.2, -0.15) is 0 Å². The van der Waals surface area contributed by atoms with Gasteiger partial charge < -0.3 is 14.8 Å². The number of hydrogen-bond donors (Lipinski definition) is 1. The largest absolute Gasteiger partial charge is 0.492 e. The SMILES string of the molecule is CCCOc1cc(NC)c(OCCC)cc1Cl. The summed E-state index contributed by atoms with van der Waals surface area (Å²) in [7, 11) is 1.85. The van der Waals surface area contributed by atoms with E-state index in [1.807, 2.05) is 13.1 Å². The highest BCUT2D eigenvalue weighted by Crippen LogP contribution is 2.36. The van der Waals surface area contributed by atoms with Crippen molar-refractivity contribution in [2.24, 2.45) is 0 Å². The zero-order valence-corrected chi connectivity index (χ0v) is 11.4. The van der Waals surface area contributed by atoms with Gasteiger partial charge in [0.1, 0.15) is 11.5 Å². The fourth-order valence-electron chi connectivity index (χ4n) is 1.38. The third-order valence-corrected chi connectivity index (χ3v) is 2.52. The Hall–Kier alpha value is -1.09. The van der Waals surface area contributed by atoms with Gasteiger partial charge in [0.05, 0.1) is 23.9 Å². The molecule has 4 heteroatoms. The van der Waals surface area contributed by atoms with E-state index in [2.05, 4.69) is 19.2 Å². The number of nitrogens with one attached hydrogen (secondary N) is 1. The van der Waals surface area contributed by atoms with Gasteiger partial charge >= 0.3 is 0 Å². The fourth-order valence-corrected chi connectivity index (χ4v) is 1.59. The Balaban J connectivity index is 2.89. The zero-order valence-electron chi connectivity index (χ0n) is 10.7. The van der Waals surface area contributed by atoms with Crippen LogP contribution in [0.15, 0.2) is 12.1 Å². The van der Waals surface area contributed by atoms with Crippen molar-refractivity contribution < 1.29 is 9.47 Å². The van der Waals surface area contributed by atoms with E-state index in [1.165, 1.54) is 0 Å². The van der Waals surface area contributed by atoms with Crippen LogP contribution in [0.4, 0.5) is 5.69 Å². The summed E-state index contributed by atoms with van der Waals surface area (Å²) < 4.78 is 11.2. The summed E-state index contributed by atoms with van der Waals surface area (Å²) in [5.74, 6) is 1.46. The molecular formula is C13H20ClNO2. The molecule has 0 heterocycles. The molecule has 0 fully saturated rings. The first-order chi connectivity index (χ1) is 8.22. The quantitative estimate of drug-likeness (QED) is 0.802. The monoisotopic (exact) mass is 257 g/mol. The second-order valence-electron chi connectivity index (χ2n) is 3.73. The highest BCUT2D eigenvalue weighted by molar-refractivity contribution is 6.32. The molecule has 0 aliphatic heterocycles. The van der Waals surface area contributed by atoms with Crippen LogP contribution in [-0.2, 0) is 0 Å². The Bertz CT molecular complexity index is 356. The Morgan fingerprint density at radius 3 is 2.18 bits per heavy atom. The lowest BCUT2D eigenvalue weighted by Crippen LogP contribution is -2.02. The molecular weight excluding hydrogens is 238 g/mol. The minimum atomic E-state index is 0.587. The first-order valence-corrected chi connectivity index (χ1v) is 6.37. The highest BCUT2D eigenvalue weighted by Gasteiger charge is 2.09. The average molecular weight is 258 g/mol. The van der Waals surface area contributed by atoms with Crippen molar-refractivity contribution in [2.45, 2.75) is 26.7 Å². The molecule has 96 valence electrons. The Morgan fingerprint density at radius 2 is 1.65 bits per heavy atom. The van der Waals surface area contributed by atoms with Gasteiger partial charge in [0.25, 0.3) is 0 Å². The molecule has 0 spiro atoms. The zero-order chi connectivity index (χ0) is 12.7. The molecule has 0 atom stereocenters. The van der Waals surface area contributed by atoms with E-state index < -0.39 is 0 Å². The van der Waals surface area contributed by atoms with E-state index in [-0.39, 0.29) is 0 Å². The molecule has 0 aromatic heterocycles. The number of ether oxygens (including phenoxy) is 2. The maximum absolute atomic E-state index is 6.14. The van der Waals surface area contributed by atoms with Crippen molar-refractivity contribution in [1.82, 2.24) is 0 Å². The molecule has 1 N–H and O–H groups in total. The van der Waals surface area contributed by atoms with E-state index in [9.17, 15) is 0 Å². The lowest BCUT2D eigenvalue weighted by atomic mass is 10.2. The van der Waals surface area contributed by atoms with Crippen LogP contribution in [0, 0.1) is 0 Å². The van der Waals surface area contributed by atoms with Crippen LogP contribution >= 0.6 is 11.6 Å². The van der Waals surface area contributed by atoms with Gasteiger partial charge in [-0.3, -0.25) is 0 Å². The van der Waals surface area contributed by atoms with Crippen molar-refractivity contribution >= 4 is 17.3 Å². The summed E-state index contributed by atoms with van der Waals surface area (Å²) in [6, 6.07) is 3.68. The summed E-state index contributed by atoms with van der Waals surface area (Å²) in [5, 5.41) is 3.67. The highest BCUT2D eigenvalue weighted by atomic mass is 35.5. The van der Waals surface area contributed by atoms with Crippen molar-refractivity contribution in [1.29, 1.82) is 0 Å². The average Bonchev–Trinajstić information content (AvgIpc) is 2.35. The third-order valence-electron chi connectivity index (χ3n) is 2.23. The number of benzene rings is 1. The molecule has 0 amide bonds. The molecule has 17 heavy (non-hydrogen) atoms. The van der Waals surface area contributed by atoms with Crippen LogP contribution in [0.2, 0.25) is 5.02 Å². The minimum Gasteiger partial charge on any atom is -0.492 e. The first-order valence-electron chi connectivity index (χ1n) is 5.99. The molecule has 0 aliphatic rings. The van der Waals surface area contributed by atoms with Crippen LogP contribution in [0.3, 0.4) is 0 Å². The predicted octanol–water partition coefficient (Wildman–Crippen LogP) is 3.96. The number of hydrogen-bond acceptors (Lipinski definition) is 3.